The number of benzene rings is 1. The third-order valence-corrected chi connectivity index (χ3v) is 2.30. The number of nitrogens with zero attached hydrogens (tertiary/aromatic N) is 1. The third-order valence-electron chi connectivity index (χ3n) is 2.30. The molecule has 18 heavy (non-hydrogen) atoms. The van der Waals surface area contributed by atoms with Crippen LogP contribution in [-0.4, -0.2) is 22.2 Å². The van der Waals surface area contributed by atoms with Gasteiger partial charge in [-0.05, 0) is 29.7 Å². The van der Waals surface area contributed by atoms with Gasteiger partial charge in [0.15, 0.2) is 0 Å². The summed E-state index contributed by atoms with van der Waals surface area (Å²) in [5.74, 6) is -0.361. The monoisotopic (exact) mass is 247 g/mol. The molecule has 0 aliphatic heterocycles. The highest BCUT2D eigenvalue weighted by atomic mass is 19.1. The summed E-state index contributed by atoms with van der Waals surface area (Å²) >= 11 is 0. The quantitative estimate of drug-likeness (QED) is 0.771. The van der Waals surface area contributed by atoms with Crippen LogP contribution in [0.25, 0.3) is 0 Å². The van der Waals surface area contributed by atoms with Gasteiger partial charge in [0.25, 0.3) is 0 Å². The van der Waals surface area contributed by atoms with Crippen LogP contribution in [0.2, 0.25) is 0 Å². The Morgan fingerprint density at radius 1 is 1.22 bits per heavy atom. The maximum atomic E-state index is 13.2. The molecular formula is C12H11BFNO3. The van der Waals surface area contributed by atoms with Crippen molar-refractivity contribution in [1.82, 2.24) is 4.98 Å². The van der Waals surface area contributed by atoms with Gasteiger partial charge < -0.3 is 14.8 Å². The van der Waals surface area contributed by atoms with Gasteiger partial charge in [-0.3, -0.25) is 4.98 Å². The van der Waals surface area contributed by atoms with E-state index in [9.17, 15) is 4.39 Å². The van der Waals surface area contributed by atoms with Crippen molar-refractivity contribution in [2.45, 2.75) is 6.61 Å². The molecule has 1 aromatic carbocycles. The van der Waals surface area contributed by atoms with Gasteiger partial charge in [-0.1, -0.05) is 6.07 Å². The Bertz CT molecular complexity index is 522. The van der Waals surface area contributed by atoms with Crippen molar-refractivity contribution >= 4 is 12.6 Å². The first-order valence-electron chi connectivity index (χ1n) is 5.34. The second-order valence-electron chi connectivity index (χ2n) is 3.70. The Morgan fingerprint density at radius 2 is 2.06 bits per heavy atom. The molecule has 0 spiro atoms. The Kier molecular flexibility index (Phi) is 3.91. The molecule has 2 rings (SSSR count). The van der Waals surface area contributed by atoms with E-state index in [1.165, 1.54) is 12.1 Å². The van der Waals surface area contributed by atoms with E-state index in [2.05, 4.69) is 4.98 Å². The molecule has 2 N–H and O–H groups in total. The number of aromatic nitrogens is 1. The summed E-state index contributed by atoms with van der Waals surface area (Å²) in [6.07, 6.45) is 1.63. The second-order valence-corrected chi connectivity index (χ2v) is 3.70. The smallest absolute Gasteiger partial charge is 0.487 e. The molecule has 0 saturated heterocycles. The zero-order valence-corrected chi connectivity index (χ0v) is 9.45. The minimum atomic E-state index is -1.72. The standard InChI is InChI=1S/C12H11BFNO3/c14-10-5-9(13(16)17)6-12(7-10)18-8-11-3-1-2-4-15-11/h1-7,16-17H,8H2. The van der Waals surface area contributed by atoms with Crippen LogP contribution in [0, 0.1) is 5.82 Å². The van der Waals surface area contributed by atoms with Gasteiger partial charge in [0.05, 0.1) is 5.69 Å². The Labute approximate surface area is 104 Å². The number of hydrogen-bond donors (Lipinski definition) is 2. The van der Waals surface area contributed by atoms with Crippen molar-refractivity contribution in [1.29, 1.82) is 0 Å². The van der Waals surface area contributed by atoms with Crippen molar-refractivity contribution in [3.63, 3.8) is 0 Å². The predicted molar refractivity (Wildman–Crippen MR) is 64.8 cm³/mol. The number of rotatable bonds is 4. The van der Waals surface area contributed by atoms with Gasteiger partial charge in [0.1, 0.15) is 18.2 Å². The number of ether oxygens (including phenoxy) is 1. The fourth-order valence-corrected chi connectivity index (χ4v) is 1.46. The van der Waals surface area contributed by atoms with Crippen LogP contribution in [0.3, 0.4) is 0 Å². The molecule has 0 bridgehead atoms. The van der Waals surface area contributed by atoms with E-state index in [0.29, 0.717) is 5.69 Å². The Balaban J connectivity index is 2.10. The van der Waals surface area contributed by atoms with Gasteiger partial charge in [0.2, 0.25) is 0 Å². The molecule has 0 amide bonds. The van der Waals surface area contributed by atoms with Gasteiger partial charge in [-0.25, -0.2) is 4.39 Å². The van der Waals surface area contributed by atoms with Crippen LogP contribution in [-0.2, 0) is 6.61 Å². The molecule has 0 unspecified atom stereocenters. The second kappa shape index (κ2) is 5.62. The lowest BCUT2D eigenvalue weighted by Crippen LogP contribution is -2.30. The minimum Gasteiger partial charge on any atom is -0.487 e. The summed E-state index contributed by atoms with van der Waals surface area (Å²) in [6.45, 7) is 0.186. The lowest BCUT2D eigenvalue weighted by atomic mass is 9.80. The molecule has 1 aromatic heterocycles. The van der Waals surface area contributed by atoms with Crippen molar-refractivity contribution in [3.05, 3.63) is 54.1 Å². The third kappa shape index (κ3) is 3.29. The Morgan fingerprint density at radius 3 is 2.72 bits per heavy atom. The summed E-state index contributed by atoms with van der Waals surface area (Å²) in [7, 11) is -1.72. The number of halogens is 1. The summed E-state index contributed by atoms with van der Waals surface area (Å²) < 4.78 is 18.5. The van der Waals surface area contributed by atoms with E-state index >= 15 is 0 Å². The lowest BCUT2D eigenvalue weighted by molar-refractivity contribution is 0.300. The highest BCUT2D eigenvalue weighted by molar-refractivity contribution is 6.58. The highest BCUT2D eigenvalue weighted by Gasteiger charge is 2.13. The van der Waals surface area contributed by atoms with E-state index in [0.717, 1.165) is 6.07 Å². The first kappa shape index (κ1) is 12.5. The lowest BCUT2D eigenvalue weighted by Gasteiger charge is -2.08. The highest BCUT2D eigenvalue weighted by Crippen LogP contribution is 2.12. The average Bonchev–Trinajstić information content (AvgIpc) is 2.37. The van der Waals surface area contributed by atoms with Crippen LogP contribution in [0.5, 0.6) is 5.75 Å². The van der Waals surface area contributed by atoms with Gasteiger partial charge in [0, 0.05) is 12.3 Å². The summed E-state index contributed by atoms with van der Waals surface area (Å²) in [6, 6.07) is 8.97. The molecule has 6 heteroatoms. The first-order chi connectivity index (χ1) is 8.65. The maximum absolute atomic E-state index is 13.2. The molecule has 0 saturated carbocycles. The molecule has 0 fully saturated rings. The molecule has 4 nitrogen and oxygen atoms in total. The fraction of sp³-hybridized carbons (Fsp3) is 0.0833. The molecule has 1 heterocycles. The van der Waals surface area contributed by atoms with Crippen LogP contribution < -0.4 is 10.2 Å². The molecular weight excluding hydrogens is 236 g/mol. The first-order valence-corrected chi connectivity index (χ1v) is 5.34. The topological polar surface area (TPSA) is 62.6 Å². The largest absolute Gasteiger partial charge is 0.488 e. The average molecular weight is 247 g/mol. The molecule has 0 aliphatic rings. The fourth-order valence-electron chi connectivity index (χ4n) is 1.46. The summed E-state index contributed by atoms with van der Waals surface area (Å²) in [4.78, 5) is 4.06. The summed E-state index contributed by atoms with van der Waals surface area (Å²) in [5.41, 5.74) is 0.749. The van der Waals surface area contributed by atoms with E-state index in [4.69, 9.17) is 14.8 Å². The van der Waals surface area contributed by atoms with E-state index in [-0.39, 0.29) is 17.8 Å². The van der Waals surface area contributed by atoms with E-state index < -0.39 is 12.9 Å². The van der Waals surface area contributed by atoms with Crippen molar-refractivity contribution in [2.75, 3.05) is 0 Å². The van der Waals surface area contributed by atoms with Gasteiger partial charge in [-0.2, -0.15) is 0 Å². The van der Waals surface area contributed by atoms with Crippen LogP contribution in [0.4, 0.5) is 4.39 Å². The zero-order chi connectivity index (χ0) is 13.0. The van der Waals surface area contributed by atoms with Crippen LogP contribution in [0.15, 0.2) is 42.6 Å². The number of pyridine rings is 1. The molecule has 0 aliphatic carbocycles. The number of hydrogen-bond acceptors (Lipinski definition) is 4. The molecule has 0 radical (unpaired) electrons. The van der Waals surface area contributed by atoms with Crippen LogP contribution >= 0.6 is 0 Å². The van der Waals surface area contributed by atoms with Crippen LogP contribution in [0.1, 0.15) is 5.69 Å². The maximum Gasteiger partial charge on any atom is 0.488 e. The molecule has 92 valence electrons. The van der Waals surface area contributed by atoms with E-state index in [1.54, 1.807) is 18.3 Å². The molecule has 0 atom stereocenters. The normalized spacial score (nSPS) is 10.2. The summed E-state index contributed by atoms with van der Waals surface area (Å²) in [5, 5.41) is 18.0. The van der Waals surface area contributed by atoms with E-state index in [1.807, 2.05) is 6.07 Å². The van der Waals surface area contributed by atoms with Crippen molar-refractivity contribution < 1.29 is 19.2 Å². The van der Waals surface area contributed by atoms with Crippen molar-refractivity contribution in [2.24, 2.45) is 0 Å². The van der Waals surface area contributed by atoms with Crippen molar-refractivity contribution in [3.8, 4) is 5.75 Å². The SMILES string of the molecule is OB(O)c1cc(F)cc(OCc2ccccn2)c1. The minimum absolute atomic E-state index is 0.0472. The zero-order valence-electron chi connectivity index (χ0n) is 9.45. The Hall–Kier alpha value is -1.92. The van der Waals surface area contributed by atoms with Gasteiger partial charge in [-0.15, -0.1) is 0 Å². The molecule has 2 aromatic rings. The van der Waals surface area contributed by atoms with Gasteiger partial charge >= 0.3 is 7.12 Å². The predicted octanol–water partition coefficient (Wildman–Crippen LogP) is 0.479.